The Labute approximate surface area is 153 Å². The van der Waals surface area contributed by atoms with Crippen molar-refractivity contribution < 1.29 is 8.42 Å². The summed E-state index contributed by atoms with van der Waals surface area (Å²) in [5.41, 5.74) is 0. The number of hydrogen-bond acceptors (Lipinski definition) is 4. The lowest BCUT2D eigenvalue weighted by atomic mass is 10.3. The van der Waals surface area contributed by atoms with Gasteiger partial charge in [-0.05, 0) is 18.2 Å². The number of rotatable bonds is 5. The predicted octanol–water partition coefficient (Wildman–Crippen LogP) is 2.02. The number of nitrogens with zero attached hydrogens (tertiary/aromatic N) is 1. The molecule has 0 bridgehead atoms. The average molecular weight is 411 g/mol. The van der Waals surface area contributed by atoms with Crippen molar-refractivity contribution in [1.82, 2.24) is 14.9 Å². The normalized spacial score (nSPS) is 15.7. The van der Waals surface area contributed by atoms with Crippen LogP contribution in [-0.2, 0) is 10.0 Å². The Balaban J connectivity index is 0.00000220. The van der Waals surface area contributed by atoms with Crippen molar-refractivity contribution in [3.05, 3.63) is 28.2 Å². The Morgan fingerprint density at radius 1 is 1.14 bits per heavy atom. The first-order valence-electron chi connectivity index (χ1n) is 6.37. The summed E-state index contributed by atoms with van der Waals surface area (Å²) >= 11 is 11.6. The van der Waals surface area contributed by atoms with E-state index in [1.165, 1.54) is 18.2 Å². The van der Waals surface area contributed by atoms with Gasteiger partial charge in [0.2, 0.25) is 10.0 Å². The molecule has 1 aromatic carbocycles. The number of hydrogen-bond donors (Lipinski definition) is 2. The van der Waals surface area contributed by atoms with Gasteiger partial charge in [0, 0.05) is 39.3 Å². The Kier molecular flexibility index (Phi) is 10.3. The summed E-state index contributed by atoms with van der Waals surface area (Å²) in [5.74, 6) is 0. The highest BCUT2D eigenvalue weighted by Crippen LogP contribution is 2.24. The summed E-state index contributed by atoms with van der Waals surface area (Å²) < 4.78 is 26.8. The van der Waals surface area contributed by atoms with Gasteiger partial charge in [-0.1, -0.05) is 23.2 Å². The largest absolute Gasteiger partial charge is 0.314 e. The summed E-state index contributed by atoms with van der Waals surface area (Å²) in [7, 11) is -3.54. The van der Waals surface area contributed by atoms with Gasteiger partial charge in [0.05, 0.1) is 14.9 Å². The summed E-state index contributed by atoms with van der Waals surface area (Å²) in [4.78, 5) is 2.35. The number of piperazine rings is 1. The third kappa shape index (κ3) is 6.37. The van der Waals surface area contributed by atoms with Crippen LogP contribution in [0.1, 0.15) is 0 Å². The van der Waals surface area contributed by atoms with Crippen molar-refractivity contribution in [1.29, 1.82) is 0 Å². The lowest BCUT2D eigenvalue weighted by molar-refractivity contribution is 0.245. The van der Waals surface area contributed by atoms with Crippen molar-refractivity contribution in [2.45, 2.75) is 4.90 Å². The minimum Gasteiger partial charge on any atom is -0.314 e. The van der Waals surface area contributed by atoms with Crippen LogP contribution in [0.5, 0.6) is 0 Å². The molecule has 2 rings (SSSR count). The fourth-order valence-corrected chi connectivity index (χ4v) is 3.41. The monoisotopic (exact) mass is 409 g/mol. The fraction of sp³-hybridized carbons (Fsp3) is 0.500. The first kappa shape index (κ1) is 22.2. The molecule has 128 valence electrons. The van der Waals surface area contributed by atoms with Crippen molar-refractivity contribution in [3.8, 4) is 0 Å². The van der Waals surface area contributed by atoms with Gasteiger partial charge in [-0.15, -0.1) is 24.8 Å². The van der Waals surface area contributed by atoms with Gasteiger partial charge in [0.1, 0.15) is 0 Å². The molecule has 0 amide bonds. The Morgan fingerprint density at radius 3 is 2.36 bits per heavy atom. The quantitative estimate of drug-likeness (QED) is 0.779. The van der Waals surface area contributed by atoms with Gasteiger partial charge in [-0.25, -0.2) is 13.1 Å². The zero-order chi connectivity index (χ0) is 14.6. The molecule has 1 aliphatic rings. The third-order valence-electron chi connectivity index (χ3n) is 3.13. The van der Waals surface area contributed by atoms with Crippen LogP contribution in [-0.4, -0.2) is 52.6 Å². The molecule has 0 atom stereocenters. The standard InChI is InChI=1S/C12H17Cl2N3O2S.2ClH/c13-11-2-1-10(9-12(11)14)20(18,19)16-5-8-17-6-3-15-4-7-17;;/h1-2,9,15-16H,3-8H2;2*1H. The summed E-state index contributed by atoms with van der Waals surface area (Å²) in [6.45, 7) is 4.84. The maximum Gasteiger partial charge on any atom is 0.240 e. The number of sulfonamides is 1. The summed E-state index contributed by atoms with van der Waals surface area (Å²) in [5, 5.41) is 3.82. The second kappa shape index (κ2) is 10.2. The molecular formula is C12H19Cl4N3O2S. The van der Waals surface area contributed by atoms with E-state index in [2.05, 4.69) is 14.9 Å². The Morgan fingerprint density at radius 2 is 1.77 bits per heavy atom. The second-order valence-corrected chi connectivity index (χ2v) is 7.15. The summed E-state index contributed by atoms with van der Waals surface area (Å²) in [6.07, 6.45) is 0. The highest BCUT2D eigenvalue weighted by molar-refractivity contribution is 7.89. The molecule has 0 unspecified atom stereocenters. The molecule has 22 heavy (non-hydrogen) atoms. The Hall–Kier alpha value is 0.210. The van der Waals surface area contributed by atoms with Gasteiger partial charge in [-0.2, -0.15) is 0 Å². The van der Waals surface area contributed by atoms with Crippen LogP contribution in [0.25, 0.3) is 0 Å². The van der Waals surface area contributed by atoms with Gasteiger partial charge in [0.15, 0.2) is 0 Å². The lowest BCUT2D eigenvalue weighted by Gasteiger charge is -2.27. The summed E-state index contributed by atoms with van der Waals surface area (Å²) in [6, 6.07) is 4.28. The molecule has 0 spiro atoms. The maximum atomic E-state index is 12.1. The molecule has 10 heteroatoms. The van der Waals surface area contributed by atoms with Crippen LogP contribution in [0.15, 0.2) is 23.1 Å². The molecule has 0 saturated carbocycles. The van der Waals surface area contributed by atoms with E-state index in [1.807, 2.05) is 0 Å². The molecule has 1 aromatic rings. The average Bonchev–Trinajstić information content (AvgIpc) is 2.43. The highest BCUT2D eigenvalue weighted by atomic mass is 35.5. The smallest absolute Gasteiger partial charge is 0.240 e. The van der Waals surface area contributed by atoms with Crippen LogP contribution >= 0.6 is 48.0 Å². The van der Waals surface area contributed by atoms with E-state index in [9.17, 15) is 8.42 Å². The van der Waals surface area contributed by atoms with E-state index >= 15 is 0 Å². The lowest BCUT2D eigenvalue weighted by Crippen LogP contribution is -2.46. The predicted molar refractivity (Wildman–Crippen MR) is 95.5 cm³/mol. The minimum absolute atomic E-state index is 0. The Bertz CT molecular complexity index is 565. The van der Waals surface area contributed by atoms with Crippen LogP contribution in [0.3, 0.4) is 0 Å². The zero-order valence-electron chi connectivity index (χ0n) is 11.7. The molecule has 0 aliphatic carbocycles. The number of halogens is 4. The van der Waals surface area contributed by atoms with E-state index in [0.29, 0.717) is 18.1 Å². The van der Waals surface area contributed by atoms with Gasteiger partial charge >= 0.3 is 0 Å². The first-order chi connectivity index (χ1) is 9.49. The van der Waals surface area contributed by atoms with E-state index in [-0.39, 0.29) is 34.7 Å². The van der Waals surface area contributed by atoms with Gasteiger partial charge < -0.3 is 5.32 Å². The topological polar surface area (TPSA) is 61.4 Å². The third-order valence-corrected chi connectivity index (χ3v) is 5.33. The van der Waals surface area contributed by atoms with Crippen molar-refractivity contribution in [2.24, 2.45) is 0 Å². The van der Waals surface area contributed by atoms with Crippen LogP contribution in [0, 0.1) is 0 Å². The maximum absolute atomic E-state index is 12.1. The van der Waals surface area contributed by atoms with Gasteiger partial charge in [0.25, 0.3) is 0 Å². The first-order valence-corrected chi connectivity index (χ1v) is 8.61. The number of benzene rings is 1. The molecular weight excluding hydrogens is 392 g/mol. The van der Waals surface area contributed by atoms with Crippen LogP contribution in [0.2, 0.25) is 10.0 Å². The molecule has 1 heterocycles. The van der Waals surface area contributed by atoms with E-state index in [0.717, 1.165) is 26.2 Å². The van der Waals surface area contributed by atoms with E-state index in [4.69, 9.17) is 23.2 Å². The molecule has 1 aliphatic heterocycles. The van der Waals surface area contributed by atoms with E-state index < -0.39 is 10.0 Å². The fourth-order valence-electron chi connectivity index (χ4n) is 2.00. The molecule has 2 N–H and O–H groups in total. The SMILES string of the molecule is Cl.Cl.O=S(=O)(NCCN1CCNCC1)c1ccc(Cl)c(Cl)c1. The zero-order valence-corrected chi connectivity index (χ0v) is 15.7. The minimum atomic E-state index is -3.54. The van der Waals surface area contributed by atoms with Crippen molar-refractivity contribution in [2.75, 3.05) is 39.3 Å². The van der Waals surface area contributed by atoms with Crippen molar-refractivity contribution in [3.63, 3.8) is 0 Å². The highest BCUT2D eigenvalue weighted by Gasteiger charge is 2.16. The second-order valence-electron chi connectivity index (χ2n) is 4.57. The van der Waals surface area contributed by atoms with E-state index in [1.54, 1.807) is 0 Å². The molecule has 1 fully saturated rings. The van der Waals surface area contributed by atoms with Gasteiger partial charge in [-0.3, -0.25) is 4.90 Å². The van der Waals surface area contributed by atoms with Crippen LogP contribution in [0.4, 0.5) is 0 Å². The molecule has 5 nitrogen and oxygen atoms in total. The molecule has 1 saturated heterocycles. The van der Waals surface area contributed by atoms with Crippen molar-refractivity contribution >= 4 is 58.0 Å². The molecule has 0 radical (unpaired) electrons. The van der Waals surface area contributed by atoms with Crippen LogP contribution < -0.4 is 10.0 Å². The molecule has 0 aromatic heterocycles. The number of nitrogens with one attached hydrogen (secondary N) is 2.